The Morgan fingerprint density at radius 2 is 2.12 bits per heavy atom. The maximum Gasteiger partial charge on any atom is 0.134 e. The van der Waals surface area contributed by atoms with Crippen molar-refractivity contribution < 1.29 is 9.52 Å². The third-order valence-corrected chi connectivity index (χ3v) is 2.91. The smallest absolute Gasteiger partial charge is 0.134 e. The Hall–Kier alpha value is -1.03. The van der Waals surface area contributed by atoms with Crippen LogP contribution < -0.4 is 0 Å². The van der Waals surface area contributed by atoms with Gasteiger partial charge in [-0.1, -0.05) is 11.6 Å². The lowest BCUT2D eigenvalue weighted by Gasteiger charge is -2.12. The van der Waals surface area contributed by atoms with Crippen LogP contribution in [-0.2, 0) is 0 Å². The van der Waals surface area contributed by atoms with E-state index >= 15 is 0 Å². The first-order chi connectivity index (χ1) is 8.06. The third-order valence-electron chi connectivity index (χ3n) is 2.68. The monoisotopic (exact) mass is 253 g/mol. The third kappa shape index (κ3) is 3.00. The van der Waals surface area contributed by atoms with Crippen LogP contribution in [-0.4, -0.2) is 30.6 Å². The van der Waals surface area contributed by atoms with Crippen molar-refractivity contribution in [2.75, 3.05) is 20.6 Å². The van der Waals surface area contributed by atoms with Crippen LogP contribution in [0.2, 0.25) is 5.02 Å². The molecule has 0 aliphatic rings. The van der Waals surface area contributed by atoms with Gasteiger partial charge in [-0.05, 0) is 44.8 Å². The number of fused-ring (bicyclic) bond motifs is 1. The van der Waals surface area contributed by atoms with E-state index in [9.17, 15) is 5.11 Å². The molecule has 0 aliphatic carbocycles. The van der Waals surface area contributed by atoms with E-state index in [2.05, 4.69) is 0 Å². The first-order valence-electron chi connectivity index (χ1n) is 5.58. The van der Waals surface area contributed by atoms with Gasteiger partial charge in [-0.25, -0.2) is 0 Å². The molecule has 0 aliphatic heterocycles. The molecule has 1 N–H and O–H groups in total. The molecule has 0 saturated carbocycles. The van der Waals surface area contributed by atoms with E-state index in [1.165, 1.54) is 0 Å². The fourth-order valence-corrected chi connectivity index (χ4v) is 1.90. The summed E-state index contributed by atoms with van der Waals surface area (Å²) in [6, 6.07) is 7.29. The number of aliphatic hydroxyl groups is 1. The van der Waals surface area contributed by atoms with Gasteiger partial charge in [0.25, 0.3) is 0 Å². The molecule has 0 saturated heterocycles. The van der Waals surface area contributed by atoms with Crippen LogP contribution in [0.4, 0.5) is 0 Å². The highest BCUT2D eigenvalue weighted by molar-refractivity contribution is 6.31. The number of hydrogen-bond donors (Lipinski definition) is 1. The predicted octanol–water partition coefficient (Wildman–Crippen LogP) is 3.07. The molecule has 2 aromatic rings. The number of benzene rings is 1. The van der Waals surface area contributed by atoms with Crippen molar-refractivity contribution in [2.45, 2.75) is 12.5 Å². The van der Waals surface area contributed by atoms with Crippen LogP contribution in [0.3, 0.4) is 0 Å². The molecule has 0 bridgehead atoms. The van der Waals surface area contributed by atoms with Crippen molar-refractivity contribution >= 4 is 22.6 Å². The molecule has 0 fully saturated rings. The Labute approximate surface area is 106 Å². The second-order valence-electron chi connectivity index (χ2n) is 4.44. The van der Waals surface area contributed by atoms with E-state index in [1.54, 1.807) is 6.07 Å². The van der Waals surface area contributed by atoms with Gasteiger partial charge in [0.15, 0.2) is 0 Å². The van der Waals surface area contributed by atoms with Crippen LogP contribution in [0.1, 0.15) is 18.3 Å². The maximum atomic E-state index is 9.99. The molecule has 1 unspecified atom stereocenters. The molecule has 1 aromatic heterocycles. The molecule has 17 heavy (non-hydrogen) atoms. The zero-order valence-corrected chi connectivity index (χ0v) is 10.7. The number of aliphatic hydroxyl groups excluding tert-OH is 1. The van der Waals surface area contributed by atoms with Crippen molar-refractivity contribution in [2.24, 2.45) is 0 Å². The first kappa shape index (κ1) is 12.4. The summed E-state index contributed by atoms with van der Waals surface area (Å²) in [6.07, 6.45) is 0.0872. The highest BCUT2D eigenvalue weighted by Gasteiger charge is 2.13. The fourth-order valence-electron chi connectivity index (χ4n) is 1.72. The maximum absolute atomic E-state index is 9.99. The largest absolute Gasteiger partial charge is 0.458 e. The summed E-state index contributed by atoms with van der Waals surface area (Å²) >= 11 is 5.90. The summed E-state index contributed by atoms with van der Waals surface area (Å²) in [5, 5.41) is 11.6. The van der Waals surface area contributed by atoms with Crippen LogP contribution in [0.25, 0.3) is 11.0 Å². The summed E-state index contributed by atoms with van der Waals surface area (Å²) in [7, 11) is 3.95. The minimum atomic E-state index is -0.566. The van der Waals surface area contributed by atoms with Crippen molar-refractivity contribution in [3.8, 4) is 0 Å². The second-order valence-corrected chi connectivity index (χ2v) is 4.88. The molecule has 1 atom stereocenters. The molecular formula is C13H16ClNO2. The summed E-state index contributed by atoms with van der Waals surface area (Å²) in [6.45, 7) is 0.818. The number of furan rings is 1. The SMILES string of the molecule is CN(C)CCC(O)c1cc2cc(Cl)ccc2o1. The molecule has 1 heterocycles. The van der Waals surface area contributed by atoms with Gasteiger partial charge < -0.3 is 14.4 Å². The van der Waals surface area contributed by atoms with Crippen LogP contribution in [0, 0.1) is 0 Å². The first-order valence-corrected chi connectivity index (χ1v) is 5.96. The quantitative estimate of drug-likeness (QED) is 0.910. The number of rotatable bonds is 4. The van der Waals surface area contributed by atoms with Crippen molar-refractivity contribution in [3.63, 3.8) is 0 Å². The van der Waals surface area contributed by atoms with Gasteiger partial charge in [-0.3, -0.25) is 0 Å². The van der Waals surface area contributed by atoms with E-state index in [4.69, 9.17) is 16.0 Å². The lowest BCUT2D eigenvalue weighted by molar-refractivity contribution is 0.131. The van der Waals surface area contributed by atoms with Crippen LogP contribution in [0.5, 0.6) is 0 Å². The normalized spacial score (nSPS) is 13.5. The van der Waals surface area contributed by atoms with Gasteiger partial charge in [0, 0.05) is 17.0 Å². The molecule has 1 aromatic carbocycles. The standard InChI is InChI=1S/C13H16ClNO2/c1-15(2)6-5-11(16)13-8-9-7-10(14)3-4-12(9)17-13/h3-4,7-8,11,16H,5-6H2,1-2H3. The summed E-state index contributed by atoms with van der Waals surface area (Å²) < 4.78 is 5.59. The summed E-state index contributed by atoms with van der Waals surface area (Å²) in [5.41, 5.74) is 0.758. The Balaban J connectivity index is 2.18. The topological polar surface area (TPSA) is 36.6 Å². The van der Waals surface area contributed by atoms with Gasteiger partial charge in [0.05, 0.1) is 0 Å². The Morgan fingerprint density at radius 3 is 2.82 bits per heavy atom. The second kappa shape index (κ2) is 5.08. The van der Waals surface area contributed by atoms with Gasteiger partial charge in [-0.2, -0.15) is 0 Å². The van der Waals surface area contributed by atoms with Gasteiger partial charge in [0.2, 0.25) is 0 Å². The summed E-state index contributed by atoms with van der Waals surface area (Å²) in [4.78, 5) is 2.03. The minimum Gasteiger partial charge on any atom is -0.458 e. The number of halogens is 1. The highest BCUT2D eigenvalue weighted by Crippen LogP contribution is 2.27. The van der Waals surface area contributed by atoms with Gasteiger partial charge in [-0.15, -0.1) is 0 Å². The molecule has 92 valence electrons. The Bertz CT molecular complexity index is 507. The van der Waals surface area contributed by atoms with Crippen molar-refractivity contribution in [1.29, 1.82) is 0 Å². The van der Waals surface area contributed by atoms with Gasteiger partial charge in [0.1, 0.15) is 17.4 Å². The van der Waals surface area contributed by atoms with E-state index in [0.717, 1.165) is 17.5 Å². The lowest BCUT2D eigenvalue weighted by Crippen LogP contribution is -2.15. The minimum absolute atomic E-state index is 0.566. The van der Waals surface area contributed by atoms with Crippen LogP contribution >= 0.6 is 11.6 Å². The highest BCUT2D eigenvalue weighted by atomic mass is 35.5. The van der Waals surface area contributed by atoms with E-state index in [-0.39, 0.29) is 0 Å². The van der Waals surface area contributed by atoms with Gasteiger partial charge >= 0.3 is 0 Å². The van der Waals surface area contributed by atoms with Crippen molar-refractivity contribution in [3.05, 3.63) is 35.0 Å². The molecular weight excluding hydrogens is 238 g/mol. The molecule has 3 nitrogen and oxygen atoms in total. The van der Waals surface area contributed by atoms with E-state index < -0.39 is 6.10 Å². The van der Waals surface area contributed by atoms with E-state index in [0.29, 0.717) is 17.2 Å². The lowest BCUT2D eigenvalue weighted by atomic mass is 10.2. The van der Waals surface area contributed by atoms with Crippen molar-refractivity contribution in [1.82, 2.24) is 4.90 Å². The molecule has 0 radical (unpaired) electrons. The average Bonchev–Trinajstić information content (AvgIpc) is 2.68. The van der Waals surface area contributed by atoms with Crippen LogP contribution in [0.15, 0.2) is 28.7 Å². The number of nitrogens with zero attached hydrogens (tertiary/aromatic N) is 1. The summed E-state index contributed by atoms with van der Waals surface area (Å²) in [5.74, 6) is 0.601. The molecule has 2 rings (SSSR count). The zero-order valence-electron chi connectivity index (χ0n) is 9.98. The Morgan fingerprint density at radius 1 is 1.35 bits per heavy atom. The fraction of sp³-hybridized carbons (Fsp3) is 0.385. The zero-order chi connectivity index (χ0) is 12.4. The average molecular weight is 254 g/mol. The number of hydrogen-bond acceptors (Lipinski definition) is 3. The Kier molecular flexibility index (Phi) is 3.72. The predicted molar refractivity (Wildman–Crippen MR) is 69.4 cm³/mol. The molecule has 4 heteroatoms. The van der Waals surface area contributed by atoms with E-state index in [1.807, 2.05) is 37.2 Å². The molecule has 0 amide bonds. The molecule has 0 spiro atoms.